The summed E-state index contributed by atoms with van der Waals surface area (Å²) in [5.74, 6) is 1.51. The molecule has 134 valence electrons. The number of aromatic nitrogens is 5. The van der Waals surface area contributed by atoms with E-state index in [0.717, 1.165) is 11.3 Å². The normalized spacial score (nSPS) is 10.7. The third kappa shape index (κ3) is 3.74. The van der Waals surface area contributed by atoms with Crippen LogP contribution in [0.3, 0.4) is 0 Å². The Bertz CT molecular complexity index is 1030. The van der Waals surface area contributed by atoms with Crippen LogP contribution in [0.4, 0.5) is 17.6 Å². The minimum atomic E-state index is 0.0900. The quantitative estimate of drug-likeness (QED) is 0.580. The lowest BCUT2D eigenvalue weighted by atomic mass is 10.1. The first-order valence-corrected chi connectivity index (χ1v) is 8.36. The SMILES string of the molecule is CN(c1ccccc1)c1nc(N)nc(-c2noc(Cc3ccccc3)n2)n1. The number of nitrogens with two attached hydrogens (primary N) is 1. The van der Waals surface area contributed by atoms with Crippen LogP contribution in [0.5, 0.6) is 0 Å². The monoisotopic (exact) mass is 359 g/mol. The van der Waals surface area contributed by atoms with E-state index < -0.39 is 0 Å². The molecule has 27 heavy (non-hydrogen) atoms. The Morgan fingerprint density at radius 2 is 1.56 bits per heavy atom. The second-order valence-corrected chi connectivity index (χ2v) is 5.89. The number of nitrogens with zero attached hydrogens (tertiary/aromatic N) is 6. The number of benzene rings is 2. The van der Waals surface area contributed by atoms with E-state index >= 15 is 0 Å². The van der Waals surface area contributed by atoms with Crippen LogP contribution in [0.2, 0.25) is 0 Å². The largest absolute Gasteiger partial charge is 0.368 e. The van der Waals surface area contributed by atoms with Crippen LogP contribution in [0.15, 0.2) is 65.2 Å². The summed E-state index contributed by atoms with van der Waals surface area (Å²) in [7, 11) is 1.85. The average molecular weight is 359 g/mol. The van der Waals surface area contributed by atoms with Crippen molar-refractivity contribution in [2.75, 3.05) is 17.7 Å². The zero-order valence-electron chi connectivity index (χ0n) is 14.6. The summed E-state index contributed by atoms with van der Waals surface area (Å²) in [5.41, 5.74) is 7.87. The van der Waals surface area contributed by atoms with Gasteiger partial charge >= 0.3 is 0 Å². The topological polar surface area (TPSA) is 107 Å². The van der Waals surface area contributed by atoms with Crippen molar-refractivity contribution in [1.29, 1.82) is 0 Å². The van der Waals surface area contributed by atoms with Crippen LogP contribution in [0.25, 0.3) is 11.6 Å². The van der Waals surface area contributed by atoms with Gasteiger partial charge in [-0.2, -0.15) is 19.9 Å². The number of hydrogen-bond acceptors (Lipinski definition) is 8. The van der Waals surface area contributed by atoms with Gasteiger partial charge in [0.1, 0.15) is 0 Å². The Balaban J connectivity index is 1.62. The molecule has 2 heterocycles. The van der Waals surface area contributed by atoms with E-state index in [4.69, 9.17) is 10.3 Å². The second-order valence-electron chi connectivity index (χ2n) is 5.89. The molecule has 0 amide bonds. The fourth-order valence-electron chi connectivity index (χ4n) is 2.59. The molecule has 0 aliphatic carbocycles. The molecular formula is C19H17N7O. The van der Waals surface area contributed by atoms with Gasteiger partial charge in [0.25, 0.3) is 0 Å². The average Bonchev–Trinajstić information content (AvgIpc) is 3.17. The van der Waals surface area contributed by atoms with E-state index in [2.05, 4.69) is 25.1 Å². The lowest BCUT2D eigenvalue weighted by Crippen LogP contribution is -2.15. The van der Waals surface area contributed by atoms with Gasteiger partial charge in [0.2, 0.25) is 29.4 Å². The van der Waals surface area contributed by atoms with Crippen LogP contribution >= 0.6 is 0 Å². The van der Waals surface area contributed by atoms with Gasteiger partial charge in [0.05, 0.1) is 6.42 Å². The summed E-state index contributed by atoms with van der Waals surface area (Å²) in [6.07, 6.45) is 0.533. The van der Waals surface area contributed by atoms with E-state index in [0.29, 0.717) is 18.3 Å². The highest BCUT2D eigenvalue weighted by Crippen LogP contribution is 2.22. The Labute approximate surface area is 155 Å². The van der Waals surface area contributed by atoms with Crippen molar-refractivity contribution in [2.45, 2.75) is 6.42 Å². The standard InChI is InChI=1S/C19H17N7O/c1-26(14-10-6-3-7-11-14)19-23-16(22-18(20)24-19)17-21-15(27-25-17)12-13-8-4-2-5-9-13/h2-11H,12H2,1H3,(H2,20,22,23,24). The van der Waals surface area contributed by atoms with Crippen molar-refractivity contribution in [2.24, 2.45) is 0 Å². The predicted octanol–water partition coefficient (Wildman–Crippen LogP) is 2.86. The Hall–Kier alpha value is -3.81. The molecule has 0 fully saturated rings. The van der Waals surface area contributed by atoms with Crippen LogP contribution < -0.4 is 10.6 Å². The highest BCUT2D eigenvalue weighted by molar-refractivity contribution is 5.58. The molecule has 0 aliphatic heterocycles. The Kier molecular flexibility index (Phi) is 4.44. The number of nitrogen functional groups attached to an aromatic ring is 1. The highest BCUT2D eigenvalue weighted by Gasteiger charge is 2.16. The number of anilines is 3. The molecule has 4 rings (SSSR count). The molecule has 0 bridgehead atoms. The summed E-state index contributed by atoms with van der Waals surface area (Å²) >= 11 is 0. The summed E-state index contributed by atoms with van der Waals surface area (Å²) in [6, 6.07) is 19.6. The third-order valence-electron chi connectivity index (χ3n) is 3.95. The molecule has 2 aromatic carbocycles. The predicted molar refractivity (Wildman–Crippen MR) is 101 cm³/mol. The Morgan fingerprint density at radius 1 is 0.852 bits per heavy atom. The molecule has 0 saturated carbocycles. The molecule has 0 spiro atoms. The molecule has 8 nitrogen and oxygen atoms in total. The first kappa shape index (κ1) is 16.6. The zero-order chi connectivity index (χ0) is 18.6. The van der Waals surface area contributed by atoms with Gasteiger partial charge in [0, 0.05) is 12.7 Å². The molecule has 0 unspecified atom stereocenters. The molecular weight excluding hydrogens is 342 g/mol. The molecule has 0 saturated heterocycles. The lowest BCUT2D eigenvalue weighted by molar-refractivity contribution is 0.385. The first-order valence-electron chi connectivity index (χ1n) is 8.36. The molecule has 2 N–H and O–H groups in total. The lowest BCUT2D eigenvalue weighted by Gasteiger charge is -2.17. The van der Waals surface area contributed by atoms with Crippen molar-refractivity contribution in [3.63, 3.8) is 0 Å². The maximum Gasteiger partial charge on any atom is 0.240 e. The molecule has 0 radical (unpaired) electrons. The number of hydrogen-bond donors (Lipinski definition) is 1. The zero-order valence-corrected chi connectivity index (χ0v) is 14.6. The van der Waals surface area contributed by atoms with Gasteiger partial charge in [-0.1, -0.05) is 53.7 Å². The van der Waals surface area contributed by atoms with E-state index in [-0.39, 0.29) is 17.6 Å². The summed E-state index contributed by atoms with van der Waals surface area (Å²) in [4.78, 5) is 19.0. The van der Waals surface area contributed by atoms with Crippen molar-refractivity contribution in [3.8, 4) is 11.6 Å². The second kappa shape index (κ2) is 7.20. The van der Waals surface area contributed by atoms with Crippen molar-refractivity contribution < 1.29 is 4.52 Å². The molecule has 0 aliphatic rings. The van der Waals surface area contributed by atoms with Gasteiger partial charge < -0.3 is 15.2 Å². The third-order valence-corrected chi connectivity index (χ3v) is 3.95. The maximum absolute atomic E-state index is 5.87. The smallest absolute Gasteiger partial charge is 0.240 e. The van der Waals surface area contributed by atoms with E-state index in [1.54, 1.807) is 0 Å². The van der Waals surface area contributed by atoms with Crippen LogP contribution in [0, 0.1) is 0 Å². The minimum absolute atomic E-state index is 0.0900. The van der Waals surface area contributed by atoms with Crippen LogP contribution in [-0.4, -0.2) is 32.1 Å². The molecule has 4 aromatic rings. The van der Waals surface area contributed by atoms with E-state index in [9.17, 15) is 0 Å². The van der Waals surface area contributed by atoms with Gasteiger partial charge in [-0.3, -0.25) is 0 Å². The molecule has 0 atom stereocenters. The van der Waals surface area contributed by atoms with E-state index in [1.807, 2.05) is 72.6 Å². The fourth-order valence-corrected chi connectivity index (χ4v) is 2.59. The molecule has 8 heteroatoms. The molecule has 2 aromatic heterocycles. The minimum Gasteiger partial charge on any atom is -0.368 e. The van der Waals surface area contributed by atoms with Crippen LogP contribution in [0.1, 0.15) is 11.5 Å². The maximum atomic E-state index is 5.87. The van der Waals surface area contributed by atoms with Crippen molar-refractivity contribution in [1.82, 2.24) is 25.1 Å². The van der Waals surface area contributed by atoms with Gasteiger partial charge in [-0.05, 0) is 17.7 Å². The summed E-state index contributed by atoms with van der Waals surface area (Å²) in [6.45, 7) is 0. The number of para-hydroxylation sites is 1. The van der Waals surface area contributed by atoms with Gasteiger partial charge in [-0.25, -0.2) is 0 Å². The van der Waals surface area contributed by atoms with E-state index in [1.165, 1.54) is 0 Å². The first-order chi connectivity index (χ1) is 13.2. The Morgan fingerprint density at radius 3 is 2.30 bits per heavy atom. The number of rotatable bonds is 5. The fraction of sp³-hybridized carbons (Fsp3) is 0.105. The van der Waals surface area contributed by atoms with Gasteiger partial charge in [-0.15, -0.1) is 0 Å². The van der Waals surface area contributed by atoms with Crippen molar-refractivity contribution in [3.05, 3.63) is 72.1 Å². The summed E-state index contributed by atoms with van der Waals surface area (Å²) < 4.78 is 5.33. The van der Waals surface area contributed by atoms with Crippen molar-refractivity contribution >= 4 is 17.6 Å². The summed E-state index contributed by atoms with van der Waals surface area (Å²) in [5, 5.41) is 3.98. The van der Waals surface area contributed by atoms with Crippen LogP contribution in [-0.2, 0) is 6.42 Å². The highest BCUT2D eigenvalue weighted by atomic mass is 16.5. The van der Waals surface area contributed by atoms with Gasteiger partial charge in [0.15, 0.2) is 0 Å².